The molecule has 7 nitrogen and oxygen atoms in total. The zero-order valence-corrected chi connectivity index (χ0v) is 10.6. The van der Waals surface area contributed by atoms with Gasteiger partial charge in [-0.15, -0.1) is 0 Å². The largest absolute Gasteiger partial charge is 0.491 e. The Morgan fingerprint density at radius 2 is 2.10 bits per heavy atom. The molecule has 1 aromatic carbocycles. The highest BCUT2D eigenvalue weighted by atomic mass is 16.5. The first-order valence-corrected chi connectivity index (χ1v) is 5.95. The van der Waals surface area contributed by atoms with Crippen LogP contribution in [0.1, 0.15) is 5.76 Å². The Morgan fingerprint density at radius 1 is 1.35 bits per heavy atom. The smallest absolute Gasteiger partial charge is 0.405 e. The van der Waals surface area contributed by atoms with Gasteiger partial charge in [-0.3, -0.25) is 0 Å². The van der Waals surface area contributed by atoms with Crippen LogP contribution < -0.4 is 10.1 Å². The minimum Gasteiger partial charge on any atom is -0.491 e. The van der Waals surface area contributed by atoms with E-state index in [4.69, 9.17) is 19.5 Å². The maximum absolute atomic E-state index is 10.4. The lowest BCUT2D eigenvalue weighted by Gasteiger charge is -2.03. The third-order valence-electron chi connectivity index (χ3n) is 2.48. The molecule has 1 heterocycles. The molecule has 0 fully saturated rings. The molecule has 0 saturated carbocycles. The maximum Gasteiger partial charge on any atom is 0.405 e. The van der Waals surface area contributed by atoms with Gasteiger partial charge in [0.25, 0.3) is 0 Å². The third kappa shape index (κ3) is 3.72. The van der Waals surface area contributed by atoms with Gasteiger partial charge in [0.15, 0.2) is 5.76 Å². The molecule has 0 aliphatic heterocycles. The summed E-state index contributed by atoms with van der Waals surface area (Å²) in [6.07, 6.45) is -1.12. The van der Waals surface area contributed by atoms with Crippen LogP contribution in [0.3, 0.4) is 0 Å². The van der Waals surface area contributed by atoms with Crippen LogP contribution in [0.5, 0.6) is 5.75 Å². The quantitative estimate of drug-likeness (QED) is 0.739. The highest BCUT2D eigenvalue weighted by Crippen LogP contribution is 2.22. The van der Waals surface area contributed by atoms with Gasteiger partial charge in [-0.2, -0.15) is 0 Å². The molecule has 0 aliphatic rings. The number of aromatic nitrogens is 1. The van der Waals surface area contributed by atoms with E-state index < -0.39 is 6.09 Å². The summed E-state index contributed by atoms with van der Waals surface area (Å²) in [5.41, 5.74) is 1.44. The van der Waals surface area contributed by atoms with Gasteiger partial charge >= 0.3 is 6.09 Å². The lowest BCUT2D eigenvalue weighted by molar-refractivity contribution is 0.192. The fourth-order valence-corrected chi connectivity index (χ4v) is 1.58. The molecule has 2 aromatic rings. The average Bonchev–Trinajstić information content (AvgIpc) is 2.92. The summed E-state index contributed by atoms with van der Waals surface area (Å²) in [5.74, 6) is 1.09. The van der Waals surface area contributed by atoms with Crippen LogP contribution in [0.4, 0.5) is 4.79 Å². The van der Waals surface area contributed by atoms with Gasteiger partial charge in [0.05, 0.1) is 13.2 Å². The second-order valence-corrected chi connectivity index (χ2v) is 3.93. The third-order valence-corrected chi connectivity index (χ3v) is 2.48. The van der Waals surface area contributed by atoms with Gasteiger partial charge < -0.3 is 24.8 Å². The number of aliphatic hydroxyl groups is 1. The molecule has 7 heteroatoms. The zero-order chi connectivity index (χ0) is 14.4. The van der Waals surface area contributed by atoms with E-state index in [0.717, 1.165) is 5.56 Å². The van der Waals surface area contributed by atoms with Crippen molar-refractivity contribution in [2.24, 2.45) is 0 Å². The molecule has 0 spiro atoms. The highest BCUT2D eigenvalue weighted by molar-refractivity contribution is 5.64. The Labute approximate surface area is 114 Å². The first-order valence-electron chi connectivity index (χ1n) is 5.95. The van der Waals surface area contributed by atoms with Crippen molar-refractivity contribution in [2.45, 2.75) is 6.54 Å². The molecule has 0 saturated heterocycles. The summed E-state index contributed by atoms with van der Waals surface area (Å²) in [6, 6.07) is 8.79. The van der Waals surface area contributed by atoms with E-state index in [2.05, 4.69) is 10.5 Å². The minimum atomic E-state index is -1.12. The van der Waals surface area contributed by atoms with Gasteiger partial charge in [-0.25, -0.2) is 4.79 Å². The minimum absolute atomic E-state index is 0.0367. The molecular weight excluding hydrogens is 264 g/mol. The molecule has 3 N–H and O–H groups in total. The van der Waals surface area contributed by atoms with Gasteiger partial charge in [0.1, 0.15) is 18.1 Å². The summed E-state index contributed by atoms with van der Waals surface area (Å²) < 4.78 is 10.3. The number of nitrogens with one attached hydrogen (secondary N) is 1. The molecule has 2 rings (SSSR count). The lowest BCUT2D eigenvalue weighted by Crippen LogP contribution is -2.19. The van der Waals surface area contributed by atoms with Crippen LogP contribution in [0.15, 0.2) is 34.9 Å². The number of benzene rings is 1. The summed E-state index contributed by atoms with van der Waals surface area (Å²) in [4.78, 5) is 10.4. The first-order chi connectivity index (χ1) is 9.69. The molecule has 1 aromatic heterocycles. The fraction of sp³-hybridized carbons (Fsp3) is 0.231. The van der Waals surface area contributed by atoms with Crippen molar-refractivity contribution >= 4 is 6.09 Å². The Balaban J connectivity index is 2.02. The van der Waals surface area contributed by atoms with Crippen molar-refractivity contribution in [1.82, 2.24) is 10.5 Å². The Kier molecular flexibility index (Phi) is 4.56. The summed E-state index contributed by atoms with van der Waals surface area (Å²) in [7, 11) is 0. The standard InChI is InChI=1S/C13H14N2O5/c16-5-6-19-10-3-1-9(2-4-10)12-7-11(20-15-12)8-14-13(17)18/h1-4,7,14,16H,5-6,8H2,(H,17,18). The van der Waals surface area contributed by atoms with Crippen molar-refractivity contribution in [3.8, 4) is 17.0 Å². The van der Waals surface area contributed by atoms with E-state index in [9.17, 15) is 4.79 Å². The van der Waals surface area contributed by atoms with Crippen molar-refractivity contribution < 1.29 is 24.3 Å². The number of carbonyl (C=O) groups is 1. The predicted molar refractivity (Wildman–Crippen MR) is 69.4 cm³/mol. The van der Waals surface area contributed by atoms with E-state index in [-0.39, 0.29) is 19.8 Å². The van der Waals surface area contributed by atoms with Crippen molar-refractivity contribution in [3.63, 3.8) is 0 Å². The summed E-state index contributed by atoms with van der Waals surface area (Å²) in [5, 5.41) is 23.2. The van der Waals surface area contributed by atoms with Gasteiger partial charge in [-0.1, -0.05) is 5.16 Å². The topological polar surface area (TPSA) is 105 Å². The fourth-order valence-electron chi connectivity index (χ4n) is 1.58. The lowest BCUT2D eigenvalue weighted by atomic mass is 10.1. The van der Waals surface area contributed by atoms with Crippen LogP contribution in [0.25, 0.3) is 11.3 Å². The predicted octanol–water partition coefficient (Wildman–Crippen LogP) is 1.48. The van der Waals surface area contributed by atoms with E-state index in [1.165, 1.54) is 0 Å². The SMILES string of the molecule is O=C(O)NCc1cc(-c2ccc(OCCO)cc2)no1. The van der Waals surface area contributed by atoms with Crippen molar-refractivity contribution in [3.05, 3.63) is 36.1 Å². The summed E-state index contributed by atoms with van der Waals surface area (Å²) in [6.45, 7) is 0.277. The number of carboxylic acid groups (broad SMARTS) is 1. The van der Waals surface area contributed by atoms with Crippen molar-refractivity contribution in [2.75, 3.05) is 13.2 Å². The number of amides is 1. The van der Waals surface area contributed by atoms with E-state index in [1.54, 1.807) is 30.3 Å². The zero-order valence-electron chi connectivity index (χ0n) is 10.6. The molecule has 0 aliphatic carbocycles. The number of aliphatic hydroxyl groups excluding tert-OH is 1. The van der Waals surface area contributed by atoms with Crippen LogP contribution in [-0.2, 0) is 6.54 Å². The number of hydrogen-bond donors (Lipinski definition) is 3. The van der Waals surface area contributed by atoms with E-state index in [0.29, 0.717) is 17.2 Å². The molecule has 20 heavy (non-hydrogen) atoms. The number of hydrogen-bond acceptors (Lipinski definition) is 5. The first kappa shape index (κ1) is 13.9. The Bertz CT molecular complexity index is 564. The van der Waals surface area contributed by atoms with Gasteiger partial charge in [-0.05, 0) is 24.3 Å². The van der Waals surface area contributed by atoms with E-state index in [1.807, 2.05) is 0 Å². The number of nitrogens with zero attached hydrogens (tertiary/aromatic N) is 1. The number of ether oxygens (including phenoxy) is 1. The molecule has 0 unspecified atom stereocenters. The molecule has 0 radical (unpaired) electrons. The Morgan fingerprint density at radius 3 is 2.75 bits per heavy atom. The molecule has 0 bridgehead atoms. The van der Waals surface area contributed by atoms with Crippen LogP contribution >= 0.6 is 0 Å². The Hall–Kier alpha value is -2.54. The van der Waals surface area contributed by atoms with E-state index >= 15 is 0 Å². The molecule has 1 amide bonds. The summed E-state index contributed by atoms with van der Waals surface area (Å²) >= 11 is 0. The molecule has 106 valence electrons. The van der Waals surface area contributed by atoms with Gasteiger partial charge in [0.2, 0.25) is 0 Å². The maximum atomic E-state index is 10.4. The molecule has 0 atom stereocenters. The van der Waals surface area contributed by atoms with Crippen LogP contribution in [-0.4, -0.2) is 34.7 Å². The highest BCUT2D eigenvalue weighted by Gasteiger charge is 2.07. The van der Waals surface area contributed by atoms with Gasteiger partial charge in [0, 0.05) is 11.6 Å². The second-order valence-electron chi connectivity index (χ2n) is 3.93. The number of rotatable bonds is 6. The monoisotopic (exact) mass is 278 g/mol. The average molecular weight is 278 g/mol. The van der Waals surface area contributed by atoms with Crippen LogP contribution in [0.2, 0.25) is 0 Å². The van der Waals surface area contributed by atoms with Crippen molar-refractivity contribution in [1.29, 1.82) is 0 Å². The van der Waals surface area contributed by atoms with Crippen LogP contribution in [0, 0.1) is 0 Å². The molecular formula is C13H14N2O5. The normalized spacial score (nSPS) is 10.2. The second kappa shape index (κ2) is 6.58.